The minimum absolute atomic E-state index is 0.0617. The maximum absolute atomic E-state index is 13.6. The summed E-state index contributed by atoms with van der Waals surface area (Å²) in [5.41, 5.74) is 5.07. The van der Waals surface area contributed by atoms with Crippen LogP contribution in [0.1, 0.15) is 56.1 Å². The highest BCUT2D eigenvalue weighted by atomic mass is 16.2. The van der Waals surface area contributed by atoms with Crippen LogP contribution < -0.4 is 5.69 Å². The van der Waals surface area contributed by atoms with E-state index in [1.54, 1.807) is 4.68 Å². The Labute approximate surface area is 216 Å². The van der Waals surface area contributed by atoms with Gasteiger partial charge in [0.05, 0.1) is 12.6 Å². The first-order chi connectivity index (χ1) is 18.2. The van der Waals surface area contributed by atoms with E-state index in [1.165, 1.54) is 0 Å². The molecule has 0 saturated heterocycles. The molecule has 5 aromatic rings. The van der Waals surface area contributed by atoms with Crippen molar-refractivity contribution < 1.29 is 0 Å². The predicted octanol–water partition coefficient (Wildman–Crippen LogP) is 5.28. The van der Waals surface area contributed by atoms with E-state index in [9.17, 15) is 4.79 Å². The summed E-state index contributed by atoms with van der Waals surface area (Å²) in [6.07, 6.45) is 3.61. The average Bonchev–Trinajstić information content (AvgIpc) is 3.59. The van der Waals surface area contributed by atoms with Crippen LogP contribution in [0.3, 0.4) is 0 Å². The van der Waals surface area contributed by atoms with Crippen LogP contribution in [0.25, 0.3) is 22.5 Å². The summed E-state index contributed by atoms with van der Waals surface area (Å²) in [6.45, 7) is 4.74. The van der Waals surface area contributed by atoms with E-state index in [1.807, 2.05) is 47.0 Å². The molecule has 1 atom stereocenters. The number of aromatic nitrogens is 7. The number of aryl methyl sites for hydroxylation is 1. The quantitative estimate of drug-likeness (QED) is 0.286. The molecule has 0 aliphatic carbocycles. The molecule has 2 heterocycles. The van der Waals surface area contributed by atoms with Gasteiger partial charge in [0, 0.05) is 12.0 Å². The Bertz CT molecular complexity index is 1490. The lowest BCUT2D eigenvalue weighted by atomic mass is 9.98. The molecule has 5 rings (SSSR count). The molecule has 0 saturated carbocycles. The van der Waals surface area contributed by atoms with Crippen LogP contribution in [-0.2, 0) is 13.0 Å². The fourth-order valence-corrected chi connectivity index (χ4v) is 4.74. The molecular weight excluding hydrogens is 462 g/mol. The van der Waals surface area contributed by atoms with Gasteiger partial charge in [-0.1, -0.05) is 99.1 Å². The van der Waals surface area contributed by atoms with Crippen molar-refractivity contribution in [1.29, 1.82) is 0 Å². The first-order valence-electron chi connectivity index (χ1n) is 12.8. The summed E-state index contributed by atoms with van der Waals surface area (Å²) in [7, 11) is 0. The number of tetrazole rings is 1. The van der Waals surface area contributed by atoms with Crippen molar-refractivity contribution >= 4 is 0 Å². The molecule has 1 N–H and O–H groups in total. The van der Waals surface area contributed by atoms with Crippen LogP contribution in [0.4, 0.5) is 0 Å². The molecule has 0 bridgehead atoms. The Morgan fingerprint density at radius 2 is 1.62 bits per heavy atom. The Kier molecular flexibility index (Phi) is 7.35. The van der Waals surface area contributed by atoms with Crippen molar-refractivity contribution in [3.05, 3.63) is 106 Å². The molecule has 8 nitrogen and oxygen atoms in total. The van der Waals surface area contributed by atoms with Crippen LogP contribution in [0.15, 0.2) is 83.7 Å². The van der Waals surface area contributed by atoms with Crippen molar-refractivity contribution in [2.75, 3.05) is 0 Å². The lowest BCUT2D eigenvalue weighted by Crippen LogP contribution is -2.29. The van der Waals surface area contributed by atoms with Crippen molar-refractivity contribution in [1.82, 2.24) is 35.0 Å². The number of hydrogen-bond donors (Lipinski definition) is 1. The zero-order chi connectivity index (χ0) is 25.6. The third-order valence-corrected chi connectivity index (χ3v) is 6.70. The van der Waals surface area contributed by atoms with E-state index in [0.717, 1.165) is 59.3 Å². The topological polar surface area (TPSA) is 94.3 Å². The molecule has 3 aromatic carbocycles. The zero-order valence-corrected chi connectivity index (χ0v) is 21.2. The van der Waals surface area contributed by atoms with Crippen molar-refractivity contribution in [3.63, 3.8) is 0 Å². The summed E-state index contributed by atoms with van der Waals surface area (Å²) in [5, 5.41) is 19.3. The Morgan fingerprint density at radius 1 is 0.892 bits per heavy atom. The number of hydrogen-bond acceptors (Lipinski definition) is 5. The van der Waals surface area contributed by atoms with Crippen LogP contribution >= 0.6 is 0 Å². The molecule has 0 fully saturated rings. The Morgan fingerprint density at radius 3 is 2.30 bits per heavy atom. The van der Waals surface area contributed by atoms with Gasteiger partial charge in [-0.2, -0.15) is 10.3 Å². The third kappa shape index (κ3) is 5.14. The number of nitrogens with one attached hydrogen (secondary N) is 1. The Balaban J connectivity index is 1.46. The second-order valence-electron chi connectivity index (χ2n) is 9.15. The summed E-state index contributed by atoms with van der Waals surface area (Å²) < 4.78 is 3.51. The first kappa shape index (κ1) is 24.4. The number of nitrogens with zero attached hydrogens (tertiary/aromatic N) is 6. The second-order valence-corrected chi connectivity index (χ2v) is 9.15. The van der Waals surface area contributed by atoms with E-state index in [2.05, 4.69) is 70.9 Å². The fraction of sp³-hybridized carbons (Fsp3) is 0.276. The van der Waals surface area contributed by atoms with Gasteiger partial charge in [0.15, 0.2) is 0 Å². The number of benzene rings is 3. The van der Waals surface area contributed by atoms with Crippen LogP contribution in [0.2, 0.25) is 0 Å². The molecule has 0 aliphatic heterocycles. The lowest BCUT2D eigenvalue weighted by molar-refractivity contribution is 0.485. The standard InChI is InChI=1S/C29H31N7O/c1-3-5-15-27-32-36(26(4-2)23-11-7-6-8-12-23)29(37)35(27)20-21-16-18-22(19-17-21)24-13-9-10-14-25(24)28-30-33-34-31-28/h6-14,16-19,26H,3-5,15,20H2,1-2H3,(H,30,31,33,34). The van der Waals surface area contributed by atoms with E-state index < -0.39 is 0 Å². The van der Waals surface area contributed by atoms with Gasteiger partial charge in [-0.15, -0.1) is 10.2 Å². The largest absolute Gasteiger partial charge is 0.346 e. The first-order valence-corrected chi connectivity index (χ1v) is 12.8. The fourth-order valence-electron chi connectivity index (χ4n) is 4.74. The van der Waals surface area contributed by atoms with Gasteiger partial charge in [-0.05, 0) is 40.3 Å². The summed E-state index contributed by atoms with van der Waals surface area (Å²) >= 11 is 0. The zero-order valence-electron chi connectivity index (χ0n) is 21.2. The van der Waals surface area contributed by atoms with Crippen LogP contribution in [-0.4, -0.2) is 35.0 Å². The van der Waals surface area contributed by atoms with Crippen LogP contribution in [0, 0.1) is 0 Å². The molecular formula is C29H31N7O. The van der Waals surface area contributed by atoms with Crippen molar-refractivity contribution in [2.45, 2.75) is 52.1 Å². The SMILES string of the molecule is CCCCc1nn(C(CC)c2ccccc2)c(=O)n1Cc1ccc(-c2ccccc2-c2nn[nH]n2)cc1. The monoisotopic (exact) mass is 493 g/mol. The third-order valence-electron chi connectivity index (χ3n) is 6.70. The van der Waals surface area contributed by atoms with Crippen molar-refractivity contribution in [2.24, 2.45) is 0 Å². The highest BCUT2D eigenvalue weighted by Crippen LogP contribution is 2.30. The predicted molar refractivity (Wildman–Crippen MR) is 144 cm³/mol. The normalized spacial score (nSPS) is 12.1. The highest BCUT2D eigenvalue weighted by Gasteiger charge is 2.21. The molecule has 0 amide bonds. The molecule has 0 spiro atoms. The van der Waals surface area contributed by atoms with Crippen molar-refractivity contribution in [3.8, 4) is 22.5 Å². The molecule has 8 heteroatoms. The second kappa shape index (κ2) is 11.2. The van der Waals surface area contributed by atoms with Gasteiger partial charge in [-0.3, -0.25) is 4.57 Å². The van der Waals surface area contributed by atoms with Gasteiger partial charge >= 0.3 is 5.69 Å². The molecule has 0 aliphatic rings. The van der Waals surface area contributed by atoms with Gasteiger partial charge in [-0.25, -0.2) is 9.48 Å². The molecule has 0 radical (unpaired) electrons. The van der Waals surface area contributed by atoms with E-state index in [0.29, 0.717) is 12.4 Å². The summed E-state index contributed by atoms with van der Waals surface area (Å²) in [6, 6.07) is 26.4. The summed E-state index contributed by atoms with van der Waals surface area (Å²) in [4.78, 5) is 13.6. The average molecular weight is 494 g/mol. The van der Waals surface area contributed by atoms with Crippen LogP contribution in [0.5, 0.6) is 0 Å². The maximum atomic E-state index is 13.6. The Hall–Kier alpha value is -4.33. The van der Waals surface area contributed by atoms with E-state index in [4.69, 9.17) is 5.10 Å². The van der Waals surface area contributed by atoms with Gasteiger partial charge in [0.25, 0.3) is 0 Å². The number of unbranched alkanes of at least 4 members (excludes halogenated alkanes) is 1. The van der Waals surface area contributed by atoms with Gasteiger partial charge in [0.2, 0.25) is 5.82 Å². The molecule has 37 heavy (non-hydrogen) atoms. The number of rotatable bonds is 10. The lowest BCUT2D eigenvalue weighted by Gasteiger charge is -2.14. The number of aromatic amines is 1. The molecule has 1 unspecified atom stereocenters. The van der Waals surface area contributed by atoms with E-state index >= 15 is 0 Å². The van der Waals surface area contributed by atoms with Gasteiger partial charge in [0.1, 0.15) is 5.82 Å². The molecule has 188 valence electrons. The van der Waals surface area contributed by atoms with Gasteiger partial charge < -0.3 is 0 Å². The highest BCUT2D eigenvalue weighted by molar-refractivity contribution is 5.80. The summed E-state index contributed by atoms with van der Waals surface area (Å²) in [5.74, 6) is 1.40. The smallest absolute Gasteiger partial charge is 0.274 e. The minimum Gasteiger partial charge on any atom is -0.274 e. The van der Waals surface area contributed by atoms with E-state index in [-0.39, 0.29) is 11.7 Å². The maximum Gasteiger partial charge on any atom is 0.346 e. The minimum atomic E-state index is -0.0839. The number of H-pyrrole nitrogens is 1. The molecule has 2 aromatic heterocycles.